The first kappa shape index (κ1) is 26.5. The van der Waals surface area contributed by atoms with Gasteiger partial charge in [0.2, 0.25) is 5.95 Å². The minimum atomic E-state index is -0.135. The number of anilines is 6. The molecule has 2 aromatic heterocycles. The molecule has 210 valence electrons. The largest absolute Gasteiger partial charge is 0.480 e. The van der Waals surface area contributed by atoms with E-state index in [1.807, 2.05) is 49.4 Å². The summed E-state index contributed by atoms with van der Waals surface area (Å²) in [6.45, 7) is 8.68. The SMILES string of the molecule is Cc1cc(Nc2ncc(C)c(Nc3ccc4c(n3)N(Cc3ccccc3)C(=O)CO4)n2)ccc1N1CCN(C)CC1. The van der Waals surface area contributed by atoms with Crippen LogP contribution in [0, 0.1) is 13.8 Å². The van der Waals surface area contributed by atoms with Crippen molar-refractivity contribution >= 4 is 40.7 Å². The third-order valence-corrected chi connectivity index (χ3v) is 7.45. The number of carbonyl (C=O) groups excluding carboxylic acids is 1. The highest BCUT2D eigenvalue weighted by molar-refractivity contribution is 5.96. The van der Waals surface area contributed by atoms with Crippen LogP contribution in [-0.2, 0) is 11.3 Å². The molecule has 4 aromatic rings. The quantitative estimate of drug-likeness (QED) is 0.341. The van der Waals surface area contributed by atoms with Gasteiger partial charge in [0.25, 0.3) is 5.91 Å². The number of rotatable bonds is 7. The summed E-state index contributed by atoms with van der Waals surface area (Å²) in [4.78, 5) is 33.2. The predicted molar refractivity (Wildman–Crippen MR) is 162 cm³/mol. The lowest BCUT2D eigenvalue weighted by atomic mass is 10.1. The van der Waals surface area contributed by atoms with Gasteiger partial charge in [-0.25, -0.2) is 9.97 Å². The van der Waals surface area contributed by atoms with E-state index in [1.165, 1.54) is 11.3 Å². The minimum Gasteiger partial charge on any atom is -0.480 e. The van der Waals surface area contributed by atoms with Crippen molar-refractivity contribution in [2.75, 3.05) is 60.3 Å². The molecule has 6 rings (SSSR count). The molecule has 10 heteroatoms. The number of pyridine rings is 1. The summed E-state index contributed by atoms with van der Waals surface area (Å²) >= 11 is 0. The van der Waals surface area contributed by atoms with Crippen LogP contribution in [0.2, 0.25) is 0 Å². The molecular formula is C31H34N8O2. The molecule has 1 amide bonds. The maximum atomic E-state index is 12.8. The monoisotopic (exact) mass is 550 g/mol. The van der Waals surface area contributed by atoms with Gasteiger partial charge in [-0.05, 0) is 62.4 Å². The van der Waals surface area contributed by atoms with Crippen molar-refractivity contribution < 1.29 is 9.53 Å². The summed E-state index contributed by atoms with van der Waals surface area (Å²) in [6, 6.07) is 19.9. The number of fused-ring (bicyclic) bond motifs is 1. The fourth-order valence-electron chi connectivity index (χ4n) is 5.09. The summed E-state index contributed by atoms with van der Waals surface area (Å²) in [5, 5.41) is 6.65. The normalized spacial score (nSPS) is 15.3. The van der Waals surface area contributed by atoms with Gasteiger partial charge in [0.15, 0.2) is 18.2 Å². The lowest BCUT2D eigenvalue weighted by Crippen LogP contribution is -2.44. The first-order valence-corrected chi connectivity index (χ1v) is 13.8. The van der Waals surface area contributed by atoms with E-state index in [4.69, 9.17) is 14.7 Å². The van der Waals surface area contributed by atoms with E-state index in [0.29, 0.717) is 35.7 Å². The number of nitrogens with zero attached hydrogens (tertiary/aromatic N) is 6. The molecule has 1 fully saturated rings. The Kier molecular flexibility index (Phi) is 7.39. The van der Waals surface area contributed by atoms with Gasteiger partial charge in [-0.2, -0.15) is 4.98 Å². The standard InChI is InChI=1S/C31H34N8O2/c1-21-17-24(9-10-25(21)38-15-13-37(3)14-16-38)33-31-32-18-22(2)29(36-31)34-27-12-11-26-30(35-27)39(28(40)20-41-26)19-23-7-5-4-6-8-23/h4-12,17-18H,13-16,19-20H2,1-3H3,(H2,32,33,34,35,36). The second-order valence-corrected chi connectivity index (χ2v) is 10.5. The van der Waals surface area contributed by atoms with Crippen LogP contribution < -0.4 is 25.2 Å². The average Bonchev–Trinajstić information content (AvgIpc) is 2.98. The predicted octanol–water partition coefficient (Wildman–Crippen LogP) is 4.65. The maximum absolute atomic E-state index is 12.8. The van der Waals surface area contributed by atoms with Crippen molar-refractivity contribution in [3.8, 4) is 5.75 Å². The molecule has 10 nitrogen and oxygen atoms in total. The second kappa shape index (κ2) is 11.4. The van der Waals surface area contributed by atoms with Gasteiger partial charge in [-0.15, -0.1) is 0 Å². The minimum absolute atomic E-state index is 0.00976. The van der Waals surface area contributed by atoms with Gasteiger partial charge < -0.3 is 25.2 Å². The van der Waals surface area contributed by atoms with Gasteiger partial charge in [-0.1, -0.05) is 30.3 Å². The summed E-state index contributed by atoms with van der Waals surface area (Å²) < 4.78 is 5.66. The number of amides is 1. The Bertz CT molecular complexity index is 1550. The highest BCUT2D eigenvalue weighted by atomic mass is 16.5. The van der Waals surface area contributed by atoms with Crippen LogP contribution in [0.4, 0.5) is 34.8 Å². The number of aromatic nitrogens is 3. The fourth-order valence-corrected chi connectivity index (χ4v) is 5.09. The Hall–Kier alpha value is -4.70. The van der Waals surface area contributed by atoms with Crippen LogP contribution in [0.3, 0.4) is 0 Å². The number of ether oxygens (including phenoxy) is 1. The Morgan fingerprint density at radius 2 is 1.71 bits per heavy atom. The van der Waals surface area contributed by atoms with Gasteiger partial charge in [0.1, 0.15) is 11.6 Å². The van der Waals surface area contributed by atoms with Crippen molar-refractivity contribution in [3.05, 3.63) is 83.6 Å². The Morgan fingerprint density at radius 1 is 0.902 bits per heavy atom. The van der Waals surface area contributed by atoms with E-state index < -0.39 is 0 Å². The zero-order valence-electron chi connectivity index (χ0n) is 23.6. The van der Waals surface area contributed by atoms with Crippen LogP contribution in [0.15, 0.2) is 66.9 Å². The number of aryl methyl sites for hydroxylation is 2. The first-order chi connectivity index (χ1) is 19.9. The van der Waals surface area contributed by atoms with Crippen LogP contribution in [-0.4, -0.2) is 65.6 Å². The van der Waals surface area contributed by atoms with E-state index >= 15 is 0 Å². The Morgan fingerprint density at radius 3 is 2.49 bits per heavy atom. The number of benzene rings is 2. The number of likely N-dealkylation sites (N-methyl/N-ethyl adjacent to an activating group) is 1. The molecule has 0 aliphatic carbocycles. The Labute approximate surface area is 240 Å². The van der Waals surface area contributed by atoms with Crippen molar-refractivity contribution in [2.45, 2.75) is 20.4 Å². The third kappa shape index (κ3) is 5.92. The van der Waals surface area contributed by atoms with Gasteiger partial charge >= 0.3 is 0 Å². The average molecular weight is 551 g/mol. The zero-order valence-corrected chi connectivity index (χ0v) is 23.6. The summed E-state index contributed by atoms with van der Waals surface area (Å²) in [7, 11) is 2.17. The van der Waals surface area contributed by atoms with Crippen LogP contribution >= 0.6 is 0 Å². The molecule has 0 unspecified atom stereocenters. The van der Waals surface area contributed by atoms with Crippen LogP contribution in [0.25, 0.3) is 0 Å². The van der Waals surface area contributed by atoms with Gasteiger partial charge in [-0.3, -0.25) is 9.69 Å². The smallest absolute Gasteiger partial charge is 0.266 e. The van der Waals surface area contributed by atoms with Gasteiger partial charge in [0.05, 0.1) is 6.54 Å². The highest BCUT2D eigenvalue weighted by Crippen LogP contribution is 2.33. The Balaban J connectivity index is 1.19. The van der Waals surface area contributed by atoms with Crippen LogP contribution in [0.5, 0.6) is 5.75 Å². The van der Waals surface area contributed by atoms with Gasteiger partial charge in [0, 0.05) is 49.3 Å². The number of hydrogen-bond acceptors (Lipinski definition) is 9. The number of nitrogens with one attached hydrogen (secondary N) is 2. The molecule has 0 saturated carbocycles. The third-order valence-electron chi connectivity index (χ3n) is 7.45. The summed E-state index contributed by atoms with van der Waals surface area (Å²) in [6.07, 6.45) is 1.77. The molecule has 0 radical (unpaired) electrons. The number of piperazine rings is 1. The molecule has 2 aliphatic rings. The lowest BCUT2D eigenvalue weighted by molar-refractivity contribution is -0.121. The molecule has 1 saturated heterocycles. The van der Waals surface area contributed by atoms with E-state index in [1.54, 1.807) is 11.1 Å². The lowest BCUT2D eigenvalue weighted by Gasteiger charge is -2.35. The summed E-state index contributed by atoms with van der Waals surface area (Å²) in [5.74, 6) is 2.58. The highest BCUT2D eigenvalue weighted by Gasteiger charge is 2.27. The molecule has 4 heterocycles. The molecule has 0 bridgehead atoms. The van der Waals surface area contributed by atoms with Crippen molar-refractivity contribution in [3.63, 3.8) is 0 Å². The van der Waals surface area contributed by atoms with Crippen molar-refractivity contribution in [1.29, 1.82) is 0 Å². The van der Waals surface area contributed by atoms with Crippen LogP contribution in [0.1, 0.15) is 16.7 Å². The van der Waals surface area contributed by atoms with E-state index in [9.17, 15) is 4.79 Å². The molecule has 0 spiro atoms. The number of hydrogen-bond donors (Lipinski definition) is 2. The maximum Gasteiger partial charge on any atom is 0.266 e. The van der Waals surface area contributed by atoms with E-state index in [-0.39, 0.29) is 12.5 Å². The van der Waals surface area contributed by atoms with E-state index in [2.05, 4.69) is 57.6 Å². The molecular weight excluding hydrogens is 516 g/mol. The first-order valence-electron chi connectivity index (χ1n) is 13.8. The molecule has 2 N–H and O–H groups in total. The second-order valence-electron chi connectivity index (χ2n) is 10.5. The van der Waals surface area contributed by atoms with Crippen molar-refractivity contribution in [1.82, 2.24) is 19.9 Å². The zero-order chi connectivity index (χ0) is 28.3. The molecule has 0 atom stereocenters. The number of carbonyl (C=O) groups is 1. The molecule has 41 heavy (non-hydrogen) atoms. The molecule has 2 aromatic carbocycles. The fraction of sp³-hybridized carbons (Fsp3) is 0.290. The topological polar surface area (TPSA) is 98.8 Å². The van der Waals surface area contributed by atoms with Crippen molar-refractivity contribution in [2.24, 2.45) is 0 Å². The molecule has 2 aliphatic heterocycles. The summed E-state index contributed by atoms with van der Waals surface area (Å²) in [5.41, 5.74) is 5.28. The van der Waals surface area contributed by atoms with E-state index in [0.717, 1.165) is 43.0 Å².